The molecule has 2 rings (SSSR count). The standard InChI is InChI=1S/C15H12N2O6/c18-13-7-10(15(20)21)5-6-11(13)16-14(19)8-9-3-1-2-4-12(9)17(22)23/h1-7,18H,8H2,(H,16,19)(H,20,21). The molecule has 0 saturated heterocycles. The van der Waals surface area contributed by atoms with Gasteiger partial charge in [-0.3, -0.25) is 14.9 Å². The Morgan fingerprint density at radius 3 is 2.48 bits per heavy atom. The Balaban J connectivity index is 2.15. The van der Waals surface area contributed by atoms with Crippen molar-refractivity contribution in [3.8, 4) is 5.75 Å². The van der Waals surface area contributed by atoms with Crippen LogP contribution in [0.3, 0.4) is 0 Å². The van der Waals surface area contributed by atoms with Crippen molar-refractivity contribution in [3.63, 3.8) is 0 Å². The Morgan fingerprint density at radius 1 is 1.17 bits per heavy atom. The molecule has 0 aliphatic carbocycles. The first kappa shape index (κ1) is 16.0. The molecule has 0 spiro atoms. The number of carbonyl (C=O) groups excluding carboxylic acids is 1. The molecule has 2 aromatic carbocycles. The fourth-order valence-corrected chi connectivity index (χ4v) is 1.98. The fraction of sp³-hybridized carbons (Fsp3) is 0.0667. The number of benzene rings is 2. The molecule has 8 heteroatoms. The van der Waals surface area contributed by atoms with Gasteiger partial charge in [0.2, 0.25) is 5.91 Å². The molecule has 0 aliphatic heterocycles. The lowest BCUT2D eigenvalue weighted by Gasteiger charge is -2.08. The van der Waals surface area contributed by atoms with Crippen LogP contribution in [0.25, 0.3) is 0 Å². The second-order valence-electron chi connectivity index (χ2n) is 4.65. The van der Waals surface area contributed by atoms with Gasteiger partial charge in [0.15, 0.2) is 0 Å². The number of carbonyl (C=O) groups is 2. The Labute approximate surface area is 130 Å². The van der Waals surface area contributed by atoms with Crippen LogP contribution in [0, 0.1) is 10.1 Å². The molecular weight excluding hydrogens is 304 g/mol. The predicted molar refractivity (Wildman–Crippen MR) is 80.5 cm³/mol. The van der Waals surface area contributed by atoms with Gasteiger partial charge < -0.3 is 15.5 Å². The van der Waals surface area contributed by atoms with E-state index in [1.807, 2.05) is 0 Å². The van der Waals surface area contributed by atoms with E-state index in [1.54, 1.807) is 6.07 Å². The highest BCUT2D eigenvalue weighted by molar-refractivity contribution is 5.95. The second kappa shape index (κ2) is 6.56. The third kappa shape index (κ3) is 3.82. The minimum Gasteiger partial charge on any atom is -0.506 e. The lowest BCUT2D eigenvalue weighted by molar-refractivity contribution is -0.385. The Hall–Kier alpha value is -3.42. The molecule has 0 fully saturated rings. The first-order valence-corrected chi connectivity index (χ1v) is 6.47. The Kier molecular flexibility index (Phi) is 4.55. The van der Waals surface area contributed by atoms with Crippen LogP contribution < -0.4 is 5.32 Å². The number of carboxylic acid groups (broad SMARTS) is 1. The minimum absolute atomic E-state index is 0.0265. The van der Waals surface area contributed by atoms with E-state index in [2.05, 4.69) is 5.32 Å². The highest BCUT2D eigenvalue weighted by Crippen LogP contribution is 2.25. The molecular formula is C15H12N2O6. The van der Waals surface area contributed by atoms with Crippen molar-refractivity contribution in [1.82, 2.24) is 0 Å². The fourth-order valence-electron chi connectivity index (χ4n) is 1.98. The van der Waals surface area contributed by atoms with Crippen molar-refractivity contribution in [2.24, 2.45) is 0 Å². The third-order valence-corrected chi connectivity index (χ3v) is 3.06. The number of nitrogens with one attached hydrogen (secondary N) is 1. The van der Waals surface area contributed by atoms with E-state index in [0.717, 1.165) is 6.07 Å². The molecule has 0 unspecified atom stereocenters. The maximum atomic E-state index is 12.0. The average molecular weight is 316 g/mol. The quantitative estimate of drug-likeness (QED) is 0.440. The summed E-state index contributed by atoms with van der Waals surface area (Å²) in [5.41, 5.74) is -0.0393. The van der Waals surface area contributed by atoms with Crippen molar-refractivity contribution in [3.05, 3.63) is 63.7 Å². The number of nitro benzene ring substituents is 1. The van der Waals surface area contributed by atoms with Gasteiger partial charge in [-0.1, -0.05) is 18.2 Å². The summed E-state index contributed by atoms with van der Waals surface area (Å²) < 4.78 is 0. The van der Waals surface area contributed by atoms with E-state index in [1.165, 1.54) is 30.3 Å². The maximum Gasteiger partial charge on any atom is 0.335 e. The number of hydrogen-bond donors (Lipinski definition) is 3. The summed E-state index contributed by atoms with van der Waals surface area (Å²) in [7, 11) is 0. The molecule has 0 saturated carbocycles. The third-order valence-electron chi connectivity index (χ3n) is 3.06. The molecule has 118 valence electrons. The number of aromatic carboxylic acids is 1. The van der Waals surface area contributed by atoms with Gasteiger partial charge in [0.05, 0.1) is 22.6 Å². The number of phenols is 1. The first-order chi connectivity index (χ1) is 10.9. The summed E-state index contributed by atoms with van der Waals surface area (Å²) >= 11 is 0. The highest BCUT2D eigenvalue weighted by Gasteiger charge is 2.16. The topological polar surface area (TPSA) is 130 Å². The summed E-state index contributed by atoms with van der Waals surface area (Å²) in [5.74, 6) is -2.18. The largest absolute Gasteiger partial charge is 0.506 e. The molecule has 0 aliphatic rings. The van der Waals surface area contributed by atoms with E-state index in [0.29, 0.717) is 0 Å². The molecule has 8 nitrogen and oxygen atoms in total. The van der Waals surface area contributed by atoms with E-state index in [-0.39, 0.29) is 28.9 Å². The number of aromatic hydroxyl groups is 1. The van der Waals surface area contributed by atoms with Crippen LogP contribution >= 0.6 is 0 Å². The van der Waals surface area contributed by atoms with Crippen molar-refractivity contribution in [2.75, 3.05) is 5.32 Å². The van der Waals surface area contributed by atoms with Crippen molar-refractivity contribution in [2.45, 2.75) is 6.42 Å². The summed E-state index contributed by atoms with van der Waals surface area (Å²) in [6.45, 7) is 0. The number of para-hydroxylation sites is 1. The smallest absolute Gasteiger partial charge is 0.335 e. The molecule has 2 aromatic rings. The van der Waals surface area contributed by atoms with Crippen LogP contribution in [0.15, 0.2) is 42.5 Å². The van der Waals surface area contributed by atoms with Crippen molar-refractivity contribution in [1.29, 1.82) is 0 Å². The van der Waals surface area contributed by atoms with E-state index in [9.17, 15) is 24.8 Å². The van der Waals surface area contributed by atoms with Gasteiger partial charge in [0.1, 0.15) is 5.75 Å². The van der Waals surface area contributed by atoms with Gasteiger partial charge >= 0.3 is 5.97 Å². The number of hydrogen-bond acceptors (Lipinski definition) is 5. The lowest BCUT2D eigenvalue weighted by atomic mass is 10.1. The molecule has 0 aromatic heterocycles. The maximum absolute atomic E-state index is 12.0. The van der Waals surface area contributed by atoms with Crippen LogP contribution in [-0.4, -0.2) is 27.0 Å². The molecule has 0 radical (unpaired) electrons. The molecule has 3 N–H and O–H groups in total. The number of anilines is 1. The monoisotopic (exact) mass is 316 g/mol. The molecule has 0 bridgehead atoms. The van der Waals surface area contributed by atoms with E-state index >= 15 is 0 Å². The first-order valence-electron chi connectivity index (χ1n) is 6.47. The van der Waals surface area contributed by atoms with Gasteiger partial charge in [0, 0.05) is 11.6 Å². The SMILES string of the molecule is O=C(Cc1ccccc1[N+](=O)[O-])Nc1ccc(C(=O)O)cc1O. The van der Waals surface area contributed by atoms with E-state index in [4.69, 9.17) is 5.11 Å². The van der Waals surface area contributed by atoms with Crippen molar-refractivity contribution < 1.29 is 24.7 Å². The van der Waals surface area contributed by atoms with Gasteiger partial charge in [-0.25, -0.2) is 4.79 Å². The second-order valence-corrected chi connectivity index (χ2v) is 4.65. The minimum atomic E-state index is -1.21. The summed E-state index contributed by atoms with van der Waals surface area (Å²) in [6, 6.07) is 9.30. The zero-order valence-corrected chi connectivity index (χ0v) is 11.7. The van der Waals surface area contributed by atoms with Crippen LogP contribution in [0.4, 0.5) is 11.4 Å². The number of carboxylic acids is 1. The summed E-state index contributed by atoms with van der Waals surface area (Å²) in [6.07, 6.45) is -0.253. The predicted octanol–water partition coefficient (Wildman–Crippen LogP) is 2.18. The van der Waals surface area contributed by atoms with Crippen molar-refractivity contribution >= 4 is 23.3 Å². The number of rotatable bonds is 5. The van der Waals surface area contributed by atoms with Crippen LogP contribution in [0.5, 0.6) is 5.75 Å². The number of nitro groups is 1. The van der Waals surface area contributed by atoms with Gasteiger partial charge in [-0.05, 0) is 18.2 Å². The zero-order chi connectivity index (χ0) is 17.0. The Morgan fingerprint density at radius 2 is 1.87 bits per heavy atom. The number of amides is 1. The normalized spacial score (nSPS) is 10.1. The van der Waals surface area contributed by atoms with E-state index < -0.39 is 22.5 Å². The molecule has 1 amide bonds. The average Bonchev–Trinajstić information content (AvgIpc) is 2.49. The lowest BCUT2D eigenvalue weighted by Crippen LogP contribution is -2.15. The van der Waals surface area contributed by atoms with Crippen LogP contribution in [-0.2, 0) is 11.2 Å². The summed E-state index contributed by atoms with van der Waals surface area (Å²) in [4.78, 5) is 33.0. The van der Waals surface area contributed by atoms with Gasteiger partial charge in [-0.15, -0.1) is 0 Å². The molecule has 23 heavy (non-hydrogen) atoms. The van der Waals surface area contributed by atoms with Crippen LogP contribution in [0.2, 0.25) is 0 Å². The molecule has 0 heterocycles. The van der Waals surface area contributed by atoms with Crippen LogP contribution in [0.1, 0.15) is 15.9 Å². The Bertz CT molecular complexity index is 787. The highest BCUT2D eigenvalue weighted by atomic mass is 16.6. The van der Waals surface area contributed by atoms with Gasteiger partial charge in [0.25, 0.3) is 5.69 Å². The number of nitrogens with zero attached hydrogens (tertiary/aromatic N) is 1. The zero-order valence-electron chi connectivity index (χ0n) is 11.7. The molecule has 0 atom stereocenters. The summed E-state index contributed by atoms with van der Waals surface area (Å²) in [5, 5.41) is 31.8. The van der Waals surface area contributed by atoms with Gasteiger partial charge in [-0.2, -0.15) is 0 Å². The number of phenolic OH excluding ortho intramolecular Hbond substituents is 1.